The molecule has 0 aliphatic heterocycles. The maximum atomic E-state index is 6.17. The molecule has 0 fully saturated rings. The summed E-state index contributed by atoms with van der Waals surface area (Å²) < 4.78 is 13.1. The largest absolute Gasteiger partial charge is 0.493 e. The Morgan fingerprint density at radius 1 is 1.23 bits per heavy atom. The first-order chi connectivity index (χ1) is 12.6. The van der Waals surface area contributed by atoms with Crippen molar-refractivity contribution in [2.45, 2.75) is 6.61 Å². The minimum Gasteiger partial charge on any atom is -0.493 e. The third-order valence-electron chi connectivity index (χ3n) is 3.45. The van der Waals surface area contributed by atoms with Gasteiger partial charge in [-0.2, -0.15) is 14.9 Å². The van der Waals surface area contributed by atoms with Crippen LogP contribution in [-0.4, -0.2) is 28.2 Å². The smallest absolute Gasteiger partial charge is 0.216 e. The van der Waals surface area contributed by atoms with Crippen molar-refractivity contribution in [1.29, 1.82) is 0 Å². The number of nitrogens with one attached hydrogen (secondary N) is 1. The third-order valence-corrected chi connectivity index (χ3v) is 4.32. The van der Waals surface area contributed by atoms with Crippen molar-refractivity contribution in [1.82, 2.24) is 14.9 Å². The van der Waals surface area contributed by atoms with E-state index in [-0.39, 0.29) is 0 Å². The van der Waals surface area contributed by atoms with Crippen LogP contribution in [0.25, 0.3) is 0 Å². The molecule has 9 heteroatoms. The lowest BCUT2D eigenvalue weighted by molar-refractivity contribution is 0.284. The summed E-state index contributed by atoms with van der Waals surface area (Å²) in [6.45, 7) is 0.296. The number of ether oxygens (including phenoxy) is 2. The quantitative estimate of drug-likeness (QED) is 0.473. The molecular weight excluding hydrogens is 395 g/mol. The van der Waals surface area contributed by atoms with Crippen LogP contribution in [0.1, 0.15) is 11.1 Å². The molecule has 0 saturated heterocycles. The lowest BCUT2D eigenvalue weighted by atomic mass is 10.2. The van der Waals surface area contributed by atoms with Gasteiger partial charge in [-0.05, 0) is 48.1 Å². The summed E-state index contributed by atoms with van der Waals surface area (Å²) in [7, 11) is 1.57. The van der Waals surface area contributed by atoms with Crippen LogP contribution in [0.2, 0.25) is 10.0 Å². The molecule has 1 N–H and O–H groups in total. The Balaban J connectivity index is 1.75. The first kappa shape index (κ1) is 18.4. The molecule has 0 atom stereocenters. The van der Waals surface area contributed by atoms with Crippen LogP contribution in [0.15, 0.2) is 47.8 Å². The summed E-state index contributed by atoms with van der Waals surface area (Å²) in [5.74, 6) is 1.17. The maximum absolute atomic E-state index is 6.17. The summed E-state index contributed by atoms with van der Waals surface area (Å²) in [6.07, 6.45) is 3.14. The average molecular weight is 409 g/mol. The molecule has 134 valence electrons. The molecule has 0 radical (unpaired) electrons. The number of methoxy groups -OCH3 is 1. The number of nitrogens with zero attached hydrogens (tertiary/aromatic N) is 3. The van der Waals surface area contributed by atoms with Crippen LogP contribution in [0.4, 0.5) is 0 Å². The number of benzene rings is 2. The van der Waals surface area contributed by atoms with E-state index >= 15 is 0 Å². The Hall–Kier alpha value is -2.35. The Morgan fingerprint density at radius 3 is 2.77 bits per heavy atom. The molecule has 3 rings (SSSR count). The highest BCUT2D eigenvalue weighted by molar-refractivity contribution is 7.71. The van der Waals surface area contributed by atoms with Crippen LogP contribution < -0.4 is 9.47 Å². The molecule has 0 aliphatic carbocycles. The monoisotopic (exact) mass is 408 g/mol. The van der Waals surface area contributed by atoms with E-state index in [0.717, 1.165) is 11.1 Å². The van der Waals surface area contributed by atoms with Crippen molar-refractivity contribution in [2.24, 2.45) is 5.10 Å². The van der Waals surface area contributed by atoms with E-state index in [4.69, 9.17) is 44.9 Å². The molecule has 0 spiro atoms. The molecule has 0 saturated carbocycles. The van der Waals surface area contributed by atoms with Gasteiger partial charge in [0.25, 0.3) is 0 Å². The fourth-order valence-corrected chi connectivity index (χ4v) is 2.74. The van der Waals surface area contributed by atoms with Gasteiger partial charge in [-0.25, -0.2) is 0 Å². The number of rotatable bonds is 6. The molecule has 1 aromatic heterocycles. The summed E-state index contributed by atoms with van der Waals surface area (Å²) >= 11 is 17.1. The highest BCUT2D eigenvalue weighted by atomic mass is 35.5. The number of hydrogen-bond acceptors (Lipinski definition) is 5. The van der Waals surface area contributed by atoms with Gasteiger partial charge < -0.3 is 9.47 Å². The highest BCUT2D eigenvalue weighted by Crippen LogP contribution is 2.29. The van der Waals surface area contributed by atoms with Crippen molar-refractivity contribution >= 4 is 41.6 Å². The number of H-pyrrole nitrogens is 1. The summed E-state index contributed by atoms with van der Waals surface area (Å²) in [5.41, 5.74) is 1.65. The fourth-order valence-electron chi connectivity index (χ4n) is 2.13. The molecule has 6 nitrogen and oxygen atoms in total. The number of hydrogen-bond donors (Lipinski definition) is 1. The van der Waals surface area contributed by atoms with Gasteiger partial charge in [0.1, 0.15) is 12.9 Å². The molecule has 1 heterocycles. The standard InChI is InChI=1S/C17H14Cl2N4O2S/c1-24-16-6-11(8-21-23-10-20-22-17(23)26)2-5-15(16)25-9-12-3-4-13(18)7-14(12)19/h2-8,10H,9H2,1H3,(H,22,26)/b21-8+. The van der Waals surface area contributed by atoms with Gasteiger partial charge in [0, 0.05) is 15.6 Å². The molecule has 0 amide bonds. The van der Waals surface area contributed by atoms with E-state index in [0.29, 0.717) is 32.9 Å². The number of halogens is 2. The van der Waals surface area contributed by atoms with Crippen molar-refractivity contribution in [3.8, 4) is 11.5 Å². The lowest BCUT2D eigenvalue weighted by Crippen LogP contribution is -1.99. The van der Waals surface area contributed by atoms with Crippen molar-refractivity contribution in [3.63, 3.8) is 0 Å². The predicted molar refractivity (Wildman–Crippen MR) is 104 cm³/mol. The zero-order chi connectivity index (χ0) is 18.5. The predicted octanol–water partition coefficient (Wildman–Crippen LogP) is 4.72. The van der Waals surface area contributed by atoms with Crippen LogP contribution in [0.3, 0.4) is 0 Å². The topological polar surface area (TPSA) is 64.4 Å². The van der Waals surface area contributed by atoms with Gasteiger partial charge in [-0.1, -0.05) is 29.3 Å². The van der Waals surface area contributed by atoms with Gasteiger partial charge in [0.05, 0.1) is 13.3 Å². The molecule has 26 heavy (non-hydrogen) atoms. The summed E-state index contributed by atoms with van der Waals surface area (Å²) in [6, 6.07) is 10.7. The molecule has 0 unspecified atom stereocenters. The molecular formula is C17H14Cl2N4O2S. The minimum absolute atomic E-state index is 0.296. The van der Waals surface area contributed by atoms with E-state index < -0.39 is 0 Å². The van der Waals surface area contributed by atoms with E-state index in [1.807, 2.05) is 18.2 Å². The Bertz CT molecular complexity index is 1000. The Morgan fingerprint density at radius 2 is 2.08 bits per heavy atom. The van der Waals surface area contributed by atoms with Crippen LogP contribution in [-0.2, 0) is 6.61 Å². The summed E-state index contributed by atoms with van der Waals surface area (Å²) in [5, 5.41) is 11.8. The van der Waals surface area contributed by atoms with Crippen LogP contribution in [0.5, 0.6) is 11.5 Å². The second-order valence-electron chi connectivity index (χ2n) is 5.19. The average Bonchev–Trinajstić information content (AvgIpc) is 3.04. The Labute approximate surface area is 165 Å². The Kier molecular flexibility index (Phi) is 5.92. The van der Waals surface area contributed by atoms with E-state index in [9.17, 15) is 0 Å². The van der Waals surface area contributed by atoms with Gasteiger partial charge in [0.15, 0.2) is 11.5 Å². The maximum Gasteiger partial charge on any atom is 0.216 e. The third kappa shape index (κ3) is 4.43. The number of aromatic amines is 1. The molecule has 0 bridgehead atoms. The SMILES string of the molecule is COc1cc(/C=N/n2cn[nH]c2=S)ccc1OCc1ccc(Cl)cc1Cl. The van der Waals surface area contributed by atoms with E-state index in [1.165, 1.54) is 11.0 Å². The van der Waals surface area contributed by atoms with Gasteiger partial charge in [-0.15, -0.1) is 0 Å². The highest BCUT2D eigenvalue weighted by Gasteiger charge is 2.08. The summed E-state index contributed by atoms with van der Waals surface area (Å²) in [4.78, 5) is 0. The molecule has 0 aliphatic rings. The van der Waals surface area contributed by atoms with Gasteiger partial charge in [-0.3, -0.25) is 5.10 Å². The first-order valence-corrected chi connectivity index (χ1v) is 8.64. The first-order valence-electron chi connectivity index (χ1n) is 7.48. The van der Waals surface area contributed by atoms with E-state index in [1.54, 1.807) is 31.5 Å². The lowest BCUT2D eigenvalue weighted by Gasteiger charge is -2.12. The van der Waals surface area contributed by atoms with Crippen molar-refractivity contribution < 1.29 is 9.47 Å². The zero-order valence-electron chi connectivity index (χ0n) is 13.6. The second kappa shape index (κ2) is 8.35. The molecule has 2 aromatic carbocycles. The number of aromatic nitrogens is 3. The van der Waals surface area contributed by atoms with Gasteiger partial charge in [0.2, 0.25) is 4.77 Å². The normalized spacial score (nSPS) is 11.0. The second-order valence-corrected chi connectivity index (χ2v) is 6.42. The van der Waals surface area contributed by atoms with Gasteiger partial charge >= 0.3 is 0 Å². The zero-order valence-corrected chi connectivity index (χ0v) is 16.0. The fraction of sp³-hybridized carbons (Fsp3) is 0.118. The van der Waals surface area contributed by atoms with Crippen molar-refractivity contribution in [3.05, 3.63) is 68.7 Å². The minimum atomic E-state index is 0.296. The van der Waals surface area contributed by atoms with Crippen LogP contribution >= 0.6 is 35.4 Å². The van der Waals surface area contributed by atoms with Crippen LogP contribution in [0, 0.1) is 4.77 Å². The van der Waals surface area contributed by atoms with Crippen molar-refractivity contribution in [2.75, 3.05) is 7.11 Å². The molecule has 3 aromatic rings. The van der Waals surface area contributed by atoms with E-state index in [2.05, 4.69) is 15.3 Å².